The summed E-state index contributed by atoms with van der Waals surface area (Å²) in [5.41, 5.74) is 0. The summed E-state index contributed by atoms with van der Waals surface area (Å²) in [6.07, 6.45) is 0. The summed E-state index contributed by atoms with van der Waals surface area (Å²) in [5, 5.41) is 12.0. The fourth-order valence-corrected chi connectivity index (χ4v) is 0. The van der Waals surface area contributed by atoms with E-state index in [-0.39, 0.29) is 71.6 Å². The van der Waals surface area contributed by atoms with E-state index >= 15 is 0 Å². The third-order valence-corrected chi connectivity index (χ3v) is 0. The zero-order valence-electron chi connectivity index (χ0n) is 5.60. The largest absolute Gasteiger partial charge is 2.00 e. The Labute approximate surface area is 80.9 Å². The molecule has 0 aliphatic carbocycles. The quantitative estimate of drug-likeness (QED) is 0.193. The molecule has 0 saturated carbocycles. The van der Waals surface area contributed by atoms with Gasteiger partial charge in [-0.25, -0.2) is 0 Å². The van der Waals surface area contributed by atoms with Crippen molar-refractivity contribution in [1.29, 1.82) is 0 Å². The predicted octanol–water partition coefficient (Wildman–Crippen LogP) is -3.02. The Balaban J connectivity index is -0.000000000500. The van der Waals surface area contributed by atoms with E-state index < -0.39 is 0 Å². The Morgan fingerprint density at radius 2 is 1.25 bits per heavy atom. The minimum absolute atomic E-state index is 0. The van der Waals surface area contributed by atoms with Gasteiger partial charge in [0, 0.05) is 0 Å². The van der Waals surface area contributed by atoms with Crippen LogP contribution in [0.1, 0.15) is 4.28 Å². The second kappa shape index (κ2) is 19.0. The third-order valence-electron chi connectivity index (χ3n) is 0. The van der Waals surface area contributed by atoms with Gasteiger partial charge in [0.2, 0.25) is 0 Å². The number of hydrogen-bond donors (Lipinski definition) is 2. The van der Waals surface area contributed by atoms with Crippen molar-refractivity contribution in [2.75, 3.05) is 0 Å². The standard InChI is InChI=1S/Ca.Na.H2O2.3H/c;;1-2;;;/h;;1-2H;;;/q+2;+1;;3*-1. The van der Waals surface area contributed by atoms with E-state index in [2.05, 4.69) is 0 Å². The molecule has 0 aliphatic rings. The SMILES string of the molecule is OO.[Ca+2].[H-].[H-].[H-].[Na+]. The zero-order valence-corrected chi connectivity index (χ0v) is 6.81. The number of rotatable bonds is 0. The summed E-state index contributed by atoms with van der Waals surface area (Å²) in [6.45, 7) is 0. The second-order valence-corrected chi connectivity index (χ2v) is 0. The molecule has 0 heterocycles. The van der Waals surface area contributed by atoms with Crippen molar-refractivity contribution in [3.05, 3.63) is 0 Å². The maximum Gasteiger partial charge on any atom is 2.00 e. The first-order valence-electron chi connectivity index (χ1n) is 0.200. The van der Waals surface area contributed by atoms with Crippen LogP contribution in [-0.4, -0.2) is 48.3 Å². The molecule has 2 N–H and O–H groups in total. The summed E-state index contributed by atoms with van der Waals surface area (Å²) in [7, 11) is 0. The van der Waals surface area contributed by atoms with E-state index in [0.717, 1.165) is 0 Å². The van der Waals surface area contributed by atoms with Gasteiger partial charge in [0.05, 0.1) is 0 Å². The van der Waals surface area contributed by atoms with Gasteiger partial charge in [-0.1, -0.05) is 0 Å². The minimum Gasteiger partial charge on any atom is -1.00 e. The maximum absolute atomic E-state index is 6.00. The van der Waals surface area contributed by atoms with Crippen molar-refractivity contribution in [3.63, 3.8) is 0 Å². The first-order chi connectivity index (χ1) is 1.00. The molecule has 2 nitrogen and oxygen atoms in total. The van der Waals surface area contributed by atoms with E-state index in [1.54, 1.807) is 0 Å². The molecule has 0 saturated heterocycles. The van der Waals surface area contributed by atoms with Crippen LogP contribution in [0.25, 0.3) is 0 Å². The van der Waals surface area contributed by atoms with Crippen molar-refractivity contribution in [3.8, 4) is 0 Å². The van der Waals surface area contributed by atoms with Crippen molar-refractivity contribution in [1.82, 2.24) is 0 Å². The monoisotopic (exact) mass is 100.0 g/mol. The molecule has 0 fully saturated rings. The van der Waals surface area contributed by atoms with Crippen molar-refractivity contribution in [2.24, 2.45) is 0 Å². The zero-order chi connectivity index (χ0) is 2.00. The van der Waals surface area contributed by atoms with Crippen LogP contribution in [0.3, 0.4) is 0 Å². The van der Waals surface area contributed by atoms with E-state index in [4.69, 9.17) is 10.5 Å². The van der Waals surface area contributed by atoms with Gasteiger partial charge in [0.15, 0.2) is 0 Å². The maximum atomic E-state index is 6.00. The first kappa shape index (κ1) is 16.4. The van der Waals surface area contributed by atoms with Gasteiger partial charge in [-0.15, -0.1) is 0 Å². The van der Waals surface area contributed by atoms with Crippen molar-refractivity contribution < 1.29 is 44.4 Å². The Hall–Kier alpha value is 2.18. The number of hydrogen-bond acceptors (Lipinski definition) is 2. The molecule has 4 heavy (non-hydrogen) atoms. The van der Waals surface area contributed by atoms with Crippen LogP contribution in [0.15, 0.2) is 0 Å². The topological polar surface area (TPSA) is 40.5 Å². The van der Waals surface area contributed by atoms with Gasteiger partial charge in [0.25, 0.3) is 0 Å². The Morgan fingerprint density at radius 1 is 1.25 bits per heavy atom. The fourth-order valence-electron chi connectivity index (χ4n) is 0. The van der Waals surface area contributed by atoms with Gasteiger partial charge in [-0.05, 0) is 0 Å². The van der Waals surface area contributed by atoms with Gasteiger partial charge < -0.3 is 4.28 Å². The van der Waals surface area contributed by atoms with Crippen LogP contribution in [0.2, 0.25) is 0 Å². The first-order valence-corrected chi connectivity index (χ1v) is 0.200. The molecule has 0 rings (SSSR count). The van der Waals surface area contributed by atoms with Gasteiger partial charge >= 0.3 is 67.3 Å². The van der Waals surface area contributed by atoms with Crippen LogP contribution < -0.4 is 29.6 Å². The van der Waals surface area contributed by atoms with Crippen LogP contribution in [0.5, 0.6) is 0 Å². The third kappa shape index (κ3) is 8.89. The Morgan fingerprint density at radius 3 is 1.25 bits per heavy atom. The van der Waals surface area contributed by atoms with E-state index in [0.29, 0.717) is 0 Å². The molecule has 0 aromatic carbocycles. The van der Waals surface area contributed by atoms with E-state index in [1.165, 1.54) is 0 Å². The van der Waals surface area contributed by atoms with Gasteiger partial charge in [-0.2, -0.15) is 0 Å². The molecule has 4 heteroatoms. The molecule has 0 aromatic rings. The van der Waals surface area contributed by atoms with E-state index in [9.17, 15) is 0 Å². The van der Waals surface area contributed by atoms with Gasteiger partial charge in [-0.3, -0.25) is 10.5 Å². The summed E-state index contributed by atoms with van der Waals surface area (Å²) >= 11 is 0. The van der Waals surface area contributed by atoms with Gasteiger partial charge in [0.1, 0.15) is 0 Å². The average Bonchev–Trinajstić information content (AvgIpc) is 1.00. The van der Waals surface area contributed by atoms with Crippen LogP contribution >= 0.6 is 0 Å². The van der Waals surface area contributed by atoms with Crippen molar-refractivity contribution >= 4 is 37.7 Å². The molecule has 0 aromatic heterocycles. The molecule has 0 aliphatic heterocycles. The summed E-state index contributed by atoms with van der Waals surface area (Å²) in [4.78, 5) is 0. The smallest absolute Gasteiger partial charge is 1.00 e. The molecule has 20 valence electrons. The Kier molecular flexibility index (Phi) is 78.1. The summed E-state index contributed by atoms with van der Waals surface area (Å²) in [6, 6.07) is 0. The van der Waals surface area contributed by atoms with Crippen LogP contribution in [0, 0.1) is 0 Å². The molecule has 0 radical (unpaired) electrons. The molecule has 0 amide bonds. The normalized spacial score (nSPS) is 1.50. The molecular formula is H5CaNaO2. The summed E-state index contributed by atoms with van der Waals surface area (Å²) < 4.78 is 0. The average molecular weight is 100 g/mol. The summed E-state index contributed by atoms with van der Waals surface area (Å²) in [5.74, 6) is 0. The molecule has 0 atom stereocenters. The predicted molar refractivity (Wildman–Crippen MR) is 14.3 cm³/mol. The van der Waals surface area contributed by atoms with E-state index in [1.807, 2.05) is 0 Å². The molecular weight excluding hydrogens is 95.1 g/mol. The van der Waals surface area contributed by atoms with Crippen LogP contribution in [0.4, 0.5) is 0 Å². The minimum atomic E-state index is 0. The second-order valence-electron chi connectivity index (χ2n) is 0. The molecule has 0 spiro atoms. The molecule has 0 bridgehead atoms. The molecule has 0 unspecified atom stereocenters. The van der Waals surface area contributed by atoms with Crippen molar-refractivity contribution in [2.45, 2.75) is 0 Å². The Bertz CT molecular complexity index is 12.9. The van der Waals surface area contributed by atoms with Crippen LogP contribution in [-0.2, 0) is 0 Å². The fraction of sp³-hybridized carbons (Fsp3) is 0.